The first-order valence-electron chi connectivity index (χ1n) is 13.2. The fourth-order valence-electron chi connectivity index (χ4n) is 5.17. The Bertz CT molecular complexity index is 1470. The number of hydrogen-bond donors (Lipinski definition) is 3. The van der Waals surface area contributed by atoms with E-state index in [1.54, 1.807) is 12.4 Å². The molecule has 39 heavy (non-hydrogen) atoms. The van der Waals surface area contributed by atoms with Crippen molar-refractivity contribution in [3.63, 3.8) is 0 Å². The van der Waals surface area contributed by atoms with E-state index >= 15 is 0 Å². The molecule has 4 aromatic rings. The number of anilines is 6. The first-order chi connectivity index (χ1) is 19.1. The molecule has 6 bridgehead atoms. The molecule has 6 rings (SSSR count). The van der Waals surface area contributed by atoms with Gasteiger partial charge in [-0.3, -0.25) is 14.8 Å². The van der Waals surface area contributed by atoms with Crippen LogP contribution in [0, 0.1) is 5.92 Å². The minimum atomic E-state index is 0.0496. The van der Waals surface area contributed by atoms with Gasteiger partial charge in [0.15, 0.2) is 5.82 Å². The number of rotatable bonds is 4. The molecule has 1 saturated heterocycles. The standard InChI is InChI=1S/C29H29ClN8O/c30-25-18-33-29-35-23-13-20(16-32-17-23)1-2-21-15-22(34-28(25)37-29)3-4-26(21)36-27(39)14-19-7-11-38(12-8-19)24-5-9-31-10-6-24/h3-6,9-10,13,15-19H,1-2,7-8,11-12,14H2,(H,36,39)(H2,33,34,35,37). The van der Waals surface area contributed by atoms with Gasteiger partial charge < -0.3 is 20.9 Å². The van der Waals surface area contributed by atoms with Crippen LogP contribution in [0.4, 0.5) is 34.5 Å². The zero-order chi connectivity index (χ0) is 26.6. The zero-order valence-electron chi connectivity index (χ0n) is 21.4. The number of amides is 1. The second-order valence-corrected chi connectivity index (χ2v) is 10.4. The molecule has 0 atom stereocenters. The molecule has 0 spiro atoms. The van der Waals surface area contributed by atoms with Crippen LogP contribution in [0.15, 0.2) is 67.4 Å². The van der Waals surface area contributed by atoms with Gasteiger partial charge in [0.05, 0.1) is 18.1 Å². The summed E-state index contributed by atoms with van der Waals surface area (Å²) in [4.78, 5) is 32.8. The fraction of sp³-hybridized carbons (Fsp3) is 0.276. The Morgan fingerprint density at radius 3 is 2.67 bits per heavy atom. The predicted octanol–water partition coefficient (Wildman–Crippen LogP) is 5.75. The van der Waals surface area contributed by atoms with Gasteiger partial charge in [0.1, 0.15) is 5.02 Å². The maximum Gasteiger partial charge on any atom is 0.229 e. The lowest BCUT2D eigenvalue weighted by molar-refractivity contribution is -0.117. The van der Waals surface area contributed by atoms with Gasteiger partial charge in [-0.25, -0.2) is 4.98 Å². The molecule has 3 aromatic heterocycles. The molecule has 0 saturated carbocycles. The normalized spacial score (nSPS) is 15.2. The minimum Gasteiger partial charge on any atom is -0.371 e. The molecule has 1 amide bonds. The maximum absolute atomic E-state index is 13.1. The van der Waals surface area contributed by atoms with Crippen LogP contribution in [-0.4, -0.2) is 38.9 Å². The van der Waals surface area contributed by atoms with Crippen LogP contribution < -0.4 is 20.9 Å². The number of pyridine rings is 2. The molecule has 0 radical (unpaired) electrons. The van der Waals surface area contributed by atoms with E-state index in [1.165, 1.54) is 5.69 Å². The topological polar surface area (TPSA) is 108 Å². The monoisotopic (exact) mass is 540 g/mol. The molecule has 198 valence electrons. The smallest absolute Gasteiger partial charge is 0.229 e. The van der Waals surface area contributed by atoms with Crippen molar-refractivity contribution in [2.24, 2.45) is 5.92 Å². The van der Waals surface area contributed by atoms with Gasteiger partial charge in [-0.2, -0.15) is 4.98 Å². The van der Waals surface area contributed by atoms with Crippen molar-refractivity contribution < 1.29 is 4.79 Å². The van der Waals surface area contributed by atoms with E-state index in [0.29, 0.717) is 29.1 Å². The third-order valence-electron chi connectivity index (χ3n) is 7.24. The van der Waals surface area contributed by atoms with E-state index in [9.17, 15) is 4.79 Å². The third-order valence-corrected chi connectivity index (χ3v) is 7.51. The number of benzene rings is 1. The van der Waals surface area contributed by atoms with E-state index < -0.39 is 0 Å². The average Bonchev–Trinajstić information content (AvgIpc) is 2.96. The largest absolute Gasteiger partial charge is 0.371 e. The van der Waals surface area contributed by atoms with E-state index in [2.05, 4.69) is 40.8 Å². The molecular weight excluding hydrogens is 512 g/mol. The Kier molecular flexibility index (Phi) is 7.23. The Hall–Kier alpha value is -4.24. The fourth-order valence-corrected chi connectivity index (χ4v) is 5.30. The SMILES string of the molecule is O=C(CC1CCN(c2ccncc2)CC1)Nc1ccc2cc1CCc1cncc(c1)Nc1ncc(Cl)c(n1)N2. The number of aromatic nitrogens is 4. The summed E-state index contributed by atoms with van der Waals surface area (Å²) in [5, 5.41) is 10.1. The second-order valence-electron chi connectivity index (χ2n) is 9.98. The van der Waals surface area contributed by atoms with Gasteiger partial charge in [0.25, 0.3) is 0 Å². The van der Waals surface area contributed by atoms with E-state index in [0.717, 1.165) is 67.0 Å². The molecule has 2 aliphatic rings. The first kappa shape index (κ1) is 25.1. The molecule has 3 N–H and O–H groups in total. The molecule has 9 nitrogen and oxygen atoms in total. The van der Waals surface area contributed by atoms with Crippen molar-refractivity contribution in [3.8, 4) is 0 Å². The summed E-state index contributed by atoms with van der Waals surface area (Å²) in [6.45, 7) is 1.89. The van der Waals surface area contributed by atoms with Crippen LogP contribution >= 0.6 is 11.6 Å². The van der Waals surface area contributed by atoms with Gasteiger partial charge in [-0.15, -0.1) is 0 Å². The third kappa shape index (κ3) is 6.09. The number of halogens is 1. The van der Waals surface area contributed by atoms with Crippen molar-refractivity contribution in [1.29, 1.82) is 0 Å². The summed E-state index contributed by atoms with van der Waals surface area (Å²) in [6, 6.07) is 12.0. The van der Waals surface area contributed by atoms with Crippen LogP contribution in [0.5, 0.6) is 0 Å². The number of fused-ring (bicyclic) bond motifs is 6. The summed E-state index contributed by atoms with van der Waals surface area (Å²) < 4.78 is 0. The minimum absolute atomic E-state index is 0.0496. The summed E-state index contributed by atoms with van der Waals surface area (Å²) >= 11 is 6.38. The summed E-state index contributed by atoms with van der Waals surface area (Å²) in [5.41, 5.74) is 5.76. The summed E-state index contributed by atoms with van der Waals surface area (Å²) in [6.07, 6.45) is 12.8. The Labute approximate surface area is 232 Å². The van der Waals surface area contributed by atoms with Gasteiger partial charge in [-0.05, 0) is 79.1 Å². The Morgan fingerprint density at radius 1 is 0.974 bits per heavy atom. The van der Waals surface area contributed by atoms with Crippen molar-refractivity contribution in [3.05, 3.63) is 83.5 Å². The summed E-state index contributed by atoms with van der Waals surface area (Å²) in [7, 11) is 0. The lowest BCUT2D eigenvalue weighted by Gasteiger charge is -2.33. The quantitative estimate of drug-likeness (QED) is 0.300. The summed E-state index contributed by atoms with van der Waals surface area (Å²) in [5.74, 6) is 1.34. The number of carbonyl (C=O) groups is 1. The first-order valence-corrected chi connectivity index (χ1v) is 13.5. The molecular formula is C29H29ClN8O. The molecule has 1 fully saturated rings. The van der Waals surface area contributed by atoms with Crippen molar-refractivity contribution >= 4 is 52.0 Å². The maximum atomic E-state index is 13.1. The molecule has 1 aromatic carbocycles. The van der Waals surface area contributed by atoms with Gasteiger partial charge in [0.2, 0.25) is 11.9 Å². The van der Waals surface area contributed by atoms with Gasteiger partial charge in [-0.1, -0.05) is 11.6 Å². The van der Waals surface area contributed by atoms with Gasteiger partial charge >= 0.3 is 0 Å². The molecule has 0 aliphatic carbocycles. The molecule has 2 aliphatic heterocycles. The highest BCUT2D eigenvalue weighted by atomic mass is 35.5. The Morgan fingerprint density at radius 2 is 1.82 bits per heavy atom. The van der Waals surface area contributed by atoms with E-state index in [4.69, 9.17) is 11.6 Å². The molecule has 5 heterocycles. The number of nitrogens with zero attached hydrogens (tertiary/aromatic N) is 5. The van der Waals surface area contributed by atoms with Crippen LogP contribution in [0.25, 0.3) is 0 Å². The highest BCUT2D eigenvalue weighted by molar-refractivity contribution is 6.32. The molecule has 10 heteroatoms. The van der Waals surface area contributed by atoms with Crippen LogP contribution in [0.3, 0.4) is 0 Å². The average molecular weight is 541 g/mol. The van der Waals surface area contributed by atoms with Crippen LogP contribution in [0.1, 0.15) is 30.4 Å². The van der Waals surface area contributed by atoms with Crippen molar-refractivity contribution in [1.82, 2.24) is 19.9 Å². The van der Waals surface area contributed by atoms with Crippen LogP contribution in [-0.2, 0) is 17.6 Å². The lowest BCUT2D eigenvalue weighted by atomic mass is 9.92. The number of carbonyl (C=O) groups excluding carboxylic acids is 1. The van der Waals surface area contributed by atoms with E-state index in [1.807, 2.05) is 55.0 Å². The lowest BCUT2D eigenvalue weighted by Crippen LogP contribution is -2.34. The van der Waals surface area contributed by atoms with Gasteiger partial charge in [0, 0.05) is 55.2 Å². The Balaban J connectivity index is 1.17. The van der Waals surface area contributed by atoms with Crippen molar-refractivity contribution in [2.75, 3.05) is 33.9 Å². The zero-order valence-corrected chi connectivity index (χ0v) is 22.2. The highest BCUT2D eigenvalue weighted by Crippen LogP contribution is 2.30. The molecule has 0 unspecified atom stereocenters. The highest BCUT2D eigenvalue weighted by Gasteiger charge is 2.22. The number of piperidine rings is 1. The second kappa shape index (κ2) is 11.2. The number of hydrogen-bond acceptors (Lipinski definition) is 8. The number of aryl methyl sites for hydroxylation is 2. The predicted molar refractivity (Wildman–Crippen MR) is 154 cm³/mol. The number of nitrogens with one attached hydrogen (secondary N) is 3. The van der Waals surface area contributed by atoms with Crippen LogP contribution in [0.2, 0.25) is 5.02 Å². The van der Waals surface area contributed by atoms with E-state index in [-0.39, 0.29) is 5.91 Å². The van der Waals surface area contributed by atoms with Crippen molar-refractivity contribution in [2.45, 2.75) is 32.1 Å².